The minimum absolute atomic E-state index is 0.230. The van der Waals surface area contributed by atoms with Gasteiger partial charge in [0.2, 0.25) is 0 Å². The lowest BCUT2D eigenvalue weighted by molar-refractivity contribution is 0.662. The second-order valence-electron chi connectivity index (χ2n) is 15.1. The molecule has 0 saturated heterocycles. The number of hydrogen-bond acceptors (Lipinski definition) is 4. The maximum atomic E-state index is 7.15. The SMILES string of the molecule is c1ccc(-c2cccc3c2sc2c(-c4nc5ccccc5nc4C4c5ccccc5-c5c4c4oc6ccc7ccccc7c6c4c4ccccc54)cccc23)cc1. The molecule has 0 radical (unpaired) electrons. The van der Waals surface area contributed by atoms with Crippen LogP contribution in [-0.2, 0) is 0 Å². The van der Waals surface area contributed by atoms with Gasteiger partial charge in [0, 0.05) is 42.1 Å². The van der Waals surface area contributed by atoms with Crippen molar-refractivity contribution in [3.8, 4) is 33.5 Å². The Labute approximate surface area is 331 Å². The molecular formula is C53H30N2OS. The van der Waals surface area contributed by atoms with E-state index in [9.17, 15) is 0 Å². The predicted molar refractivity (Wildman–Crippen MR) is 238 cm³/mol. The fourth-order valence-corrected chi connectivity index (χ4v) is 11.1. The summed E-state index contributed by atoms with van der Waals surface area (Å²) >= 11 is 1.85. The van der Waals surface area contributed by atoms with Gasteiger partial charge in [-0.2, -0.15) is 0 Å². The van der Waals surface area contributed by atoms with Crippen molar-refractivity contribution in [1.29, 1.82) is 0 Å². The molecule has 0 bridgehead atoms. The van der Waals surface area contributed by atoms with Gasteiger partial charge < -0.3 is 4.42 Å². The summed E-state index contributed by atoms with van der Waals surface area (Å²) in [6, 6.07) is 63.1. The first-order valence-electron chi connectivity index (χ1n) is 19.4. The monoisotopic (exact) mass is 742 g/mol. The number of fused-ring (bicyclic) bond motifs is 16. The fraction of sp³-hybridized carbons (Fsp3) is 0.0189. The topological polar surface area (TPSA) is 38.9 Å². The van der Waals surface area contributed by atoms with Gasteiger partial charge >= 0.3 is 0 Å². The Balaban J connectivity index is 1.17. The van der Waals surface area contributed by atoms with Crippen molar-refractivity contribution < 1.29 is 4.42 Å². The third-order valence-electron chi connectivity index (χ3n) is 12.1. The van der Waals surface area contributed by atoms with Gasteiger partial charge in [0.15, 0.2) is 0 Å². The van der Waals surface area contributed by atoms with Crippen molar-refractivity contribution in [2.75, 3.05) is 0 Å². The van der Waals surface area contributed by atoms with Crippen molar-refractivity contribution >= 4 is 86.0 Å². The number of hydrogen-bond donors (Lipinski definition) is 0. The zero-order valence-corrected chi connectivity index (χ0v) is 31.3. The highest BCUT2D eigenvalue weighted by Gasteiger charge is 2.38. The van der Waals surface area contributed by atoms with E-state index < -0.39 is 0 Å². The number of thiophene rings is 1. The van der Waals surface area contributed by atoms with Crippen molar-refractivity contribution in [3.05, 3.63) is 193 Å². The summed E-state index contributed by atoms with van der Waals surface area (Å²) in [7, 11) is 0. The fourth-order valence-electron chi connectivity index (χ4n) is 9.74. The van der Waals surface area contributed by atoms with Gasteiger partial charge in [-0.15, -0.1) is 11.3 Å². The van der Waals surface area contributed by atoms with Crippen LogP contribution in [0.4, 0.5) is 0 Å². The summed E-state index contributed by atoms with van der Waals surface area (Å²) in [4.78, 5) is 11.2. The first-order valence-corrected chi connectivity index (χ1v) is 20.3. The van der Waals surface area contributed by atoms with Gasteiger partial charge in [-0.25, -0.2) is 9.97 Å². The van der Waals surface area contributed by atoms with Crippen LogP contribution in [0.2, 0.25) is 0 Å². The van der Waals surface area contributed by atoms with E-state index >= 15 is 0 Å². The molecule has 0 spiro atoms. The third kappa shape index (κ3) is 4.31. The van der Waals surface area contributed by atoms with E-state index in [4.69, 9.17) is 14.4 Å². The molecule has 0 fully saturated rings. The number of furan rings is 1. The van der Waals surface area contributed by atoms with E-state index in [0.29, 0.717) is 0 Å². The Hall–Kier alpha value is -7.14. The highest BCUT2D eigenvalue weighted by molar-refractivity contribution is 7.26. The first-order chi connectivity index (χ1) is 28.3. The van der Waals surface area contributed by atoms with Crippen molar-refractivity contribution in [3.63, 3.8) is 0 Å². The summed E-state index contributed by atoms with van der Waals surface area (Å²) in [6.45, 7) is 0. The van der Waals surface area contributed by atoms with Crippen LogP contribution in [-0.4, -0.2) is 9.97 Å². The van der Waals surface area contributed by atoms with Crippen LogP contribution in [0.3, 0.4) is 0 Å². The average molecular weight is 743 g/mol. The van der Waals surface area contributed by atoms with Gasteiger partial charge in [-0.3, -0.25) is 0 Å². The van der Waals surface area contributed by atoms with Crippen LogP contribution < -0.4 is 0 Å². The number of nitrogens with zero attached hydrogens (tertiary/aromatic N) is 2. The Morgan fingerprint density at radius 1 is 0.456 bits per heavy atom. The highest BCUT2D eigenvalue weighted by atomic mass is 32.1. The van der Waals surface area contributed by atoms with Gasteiger partial charge in [-0.1, -0.05) is 158 Å². The molecule has 1 unspecified atom stereocenters. The highest BCUT2D eigenvalue weighted by Crippen LogP contribution is 2.57. The van der Waals surface area contributed by atoms with Crippen LogP contribution in [0.15, 0.2) is 180 Å². The minimum Gasteiger partial charge on any atom is -0.456 e. The molecule has 9 aromatic carbocycles. The van der Waals surface area contributed by atoms with Crippen LogP contribution in [0.5, 0.6) is 0 Å². The Morgan fingerprint density at radius 3 is 1.93 bits per heavy atom. The van der Waals surface area contributed by atoms with Crippen molar-refractivity contribution in [1.82, 2.24) is 9.97 Å². The molecule has 1 aliphatic carbocycles. The van der Waals surface area contributed by atoms with E-state index in [2.05, 4.69) is 176 Å². The predicted octanol–water partition coefficient (Wildman–Crippen LogP) is 14.7. The summed E-state index contributed by atoms with van der Waals surface area (Å²) < 4.78 is 9.64. The lowest BCUT2D eigenvalue weighted by Gasteiger charge is -2.19. The molecule has 0 saturated carbocycles. The molecule has 4 heteroatoms. The third-order valence-corrected chi connectivity index (χ3v) is 13.4. The lowest BCUT2D eigenvalue weighted by atomic mass is 9.87. The van der Waals surface area contributed by atoms with E-state index in [-0.39, 0.29) is 5.92 Å². The molecular weight excluding hydrogens is 713 g/mol. The van der Waals surface area contributed by atoms with Gasteiger partial charge in [0.25, 0.3) is 0 Å². The van der Waals surface area contributed by atoms with Crippen molar-refractivity contribution in [2.45, 2.75) is 5.92 Å². The molecule has 3 nitrogen and oxygen atoms in total. The molecule has 12 aromatic rings. The Morgan fingerprint density at radius 2 is 1.09 bits per heavy atom. The minimum atomic E-state index is -0.230. The average Bonchev–Trinajstić information content (AvgIpc) is 3.97. The molecule has 13 rings (SSSR count). The van der Waals surface area contributed by atoms with Crippen LogP contribution in [0.25, 0.3) is 108 Å². The van der Waals surface area contributed by atoms with Gasteiger partial charge in [0.05, 0.1) is 28.3 Å². The Bertz CT molecular complexity index is 3650. The van der Waals surface area contributed by atoms with E-state index in [1.165, 1.54) is 69.5 Å². The molecule has 3 aromatic heterocycles. The van der Waals surface area contributed by atoms with Crippen molar-refractivity contribution in [2.24, 2.45) is 0 Å². The second kappa shape index (κ2) is 11.7. The summed E-state index contributed by atoms with van der Waals surface area (Å²) in [5.41, 5.74) is 13.8. The smallest absolute Gasteiger partial charge is 0.140 e. The maximum absolute atomic E-state index is 7.15. The normalized spacial score (nSPS) is 13.8. The molecule has 0 aliphatic heterocycles. The molecule has 1 atom stereocenters. The number of benzene rings is 9. The first kappa shape index (κ1) is 31.1. The van der Waals surface area contributed by atoms with Gasteiger partial charge in [-0.05, 0) is 67.6 Å². The van der Waals surface area contributed by atoms with Crippen LogP contribution >= 0.6 is 11.3 Å². The second-order valence-corrected chi connectivity index (χ2v) is 16.1. The van der Waals surface area contributed by atoms with E-state index in [1.54, 1.807) is 0 Å². The lowest BCUT2D eigenvalue weighted by Crippen LogP contribution is -2.07. The molecule has 264 valence electrons. The molecule has 0 N–H and O–H groups in total. The Kier molecular flexibility index (Phi) is 6.38. The zero-order chi connectivity index (χ0) is 37.2. The quantitative estimate of drug-likeness (QED) is 0.181. The maximum Gasteiger partial charge on any atom is 0.140 e. The van der Waals surface area contributed by atoms with E-state index in [0.717, 1.165) is 55.5 Å². The van der Waals surface area contributed by atoms with Crippen LogP contribution in [0.1, 0.15) is 22.7 Å². The molecule has 1 aliphatic rings. The van der Waals surface area contributed by atoms with Crippen LogP contribution in [0, 0.1) is 0 Å². The number of para-hydroxylation sites is 2. The van der Waals surface area contributed by atoms with Gasteiger partial charge in [0.1, 0.15) is 11.2 Å². The summed E-state index contributed by atoms with van der Waals surface area (Å²) in [6.07, 6.45) is 0. The standard InChI is InChI=1S/C53H30N2OS/c1-2-14-30(15-3-1)33-22-12-23-38-39-24-13-25-40(53(39)57-52(33)38)49-50(55-42-27-11-10-26-41(42)54-49)46-36-20-8-6-18-34(36)44-35-19-7-9-21-37(35)47-45-32-17-5-4-16-31(32)28-29-43(45)56-51(47)48(44)46/h1-29,46H. The zero-order valence-electron chi connectivity index (χ0n) is 30.5. The largest absolute Gasteiger partial charge is 0.456 e. The molecule has 0 amide bonds. The molecule has 57 heavy (non-hydrogen) atoms. The number of aromatic nitrogens is 2. The van der Waals surface area contributed by atoms with E-state index in [1.807, 2.05) is 11.3 Å². The summed E-state index contributed by atoms with van der Waals surface area (Å²) in [5.74, 6) is -0.230. The number of rotatable bonds is 3. The molecule has 3 heterocycles. The summed E-state index contributed by atoms with van der Waals surface area (Å²) in [5, 5.41) is 9.63.